The van der Waals surface area contributed by atoms with Gasteiger partial charge in [-0.15, -0.1) is 0 Å². The number of halogens is 2. The Morgan fingerprint density at radius 1 is 1.29 bits per heavy atom. The van der Waals surface area contributed by atoms with Crippen molar-refractivity contribution < 1.29 is 18.3 Å². The van der Waals surface area contributed by atoms with Gasteiger partial charge in [0.05, 0.1) is 18.5 Å². The zero-order chi connectivity index (χ0) is 15.4. The Hall–Kier alpha value is -2.24. The van der Waals surface area contributed by atoms with Crippen molar-refractivity contribution in [3.63, 3.8) is 0 Å². The van der Waals surface area contributed by atoms with Gasteiger partial charge in [-0.05, 0) is 37.5 Å². The average molecular weight is 294 g/mol. The average Bonchev–Trinajstić information content (AvgIpc) is 2.82. The summed E-state index contributed by atoms with van der Waals surface area (Å²) in [6.07, 6.45) is 2.41. The summed E-state index contributed by atoms with van der Waals surface area (Å²) in [4.78, 5) is 11.8. The quantitative estimate of drug-likeness (QED) is 0.796. The van der Waals surface area contributed by atoms with E-state index in [1.54, 1.807) is 18.7 Å². The molecular formula is C15H16F2N2O2. The van der Waals surface area contributed by atoms with Gasteiger partial charge >= 0.3 is 5.97 Å². The van der Waals surface area contributed by atoms with E-state index in [1.165, 1.54) is 12.3 Å². The highest BCUT2D eigenvalue weighted by Crippen LogP contribution is 2.15. The molecule has 0 saturated carbocycles. The molecule has 0 aliphatic heterocycles. The monoisotopic (exact) mass is 294 g/mol. The summed E-state index contributed by atoms with van der Waals surface area (Å²) in [5.41, 5.74) is 1.77. The number of carbonyl (C=O) groups excluding carboxylic acids is 1. The molecule has 4 nitrogen and oxygen atoms in total. The molecule has 1 aromatic heterocycles. The molecule has 0 saturated heterocycles. The van der Waals surface area contributed by atoms with E-state index in [0.29, 0.717) is 29.7 Å². The molecule has 0 atom stereocenters. The minimum atomic E-state index is -0.872. The third kappa shape index (κ3) is 3.45. The van der Waals surface area contributed by atoms with Crippen LogP contribution in [0.4, 0.5) is 8.78 Å². The second-order valence-electron chi connectivity index (χ2n) is 4.60. The number of hydrogen-bond acceptors (Lipinski definition) is 3. The fourth-order valence-corrected chi connectivity index (χ4v) is 2.10. The summed E-state index contributed by atoms with van der Waals surface area (Å²) in [5, 5.41) is 4.05. The third-order valence-electron chi connectivity index (χ3n) is 3.19. The lowest BCUT2D eigenvalue weighted by atomic mass is 10.1. The molecule has 1 heterocycles. The maximum absolute atomic E-state index is 13.2. The molecule has 1 aromatic carbocycles. The number of carbonyl (C=O) groups is 1. The minimum Gasteiger partial charge on any atom is -0.462 e. The van der Waals surface area contributed by atoms with Gasteiger partial charge in [-0.1, -0.05) is 6.07 Å². The number of hydrogen-bond donors (Lipinski definition) is 0. The van der Waals surface area contributed by atoms with Crippen LogP contribution in [-0.4, -0.2) is 22.4 Å². The third-order valence-corrected chi connectivity index (χ3v) is 3.19. The standard InChI is InChI=1S/C15H16F2N2O2/c1-3-21-15(20)11-9-18-19(2)14(11)7-5-10-4-6-12(16)13(17)8-10/h4,6,8-9H,3,5,7H2,1-2H3. The van der Waals surface area contributed by atoms with E-state index < -0.39 is 17.6 Å². The van der Waals surface area contributed by atoms with E-state index in [4.69, 9.17) is 4.74 Å². The van der Waals surface area contributed by atoms with Gasteiger partial charge in [-0.25, -0.2) is 13.6 Å². The predicted molar refractivity (Wildman–Crippen MR) is 72.9 cm³/mol. The molecule has 0 aliphatic carbocycles. The number of aromatic nitrogens is 2. The first-order chi connectivity index (χ1) is 10.0. The largest absolute Gasteiger partial charge is 0.462 e. The number of benzene rings is 1. The highest BCUT2D eigenvalue weighted by molar-refractivity contribution is 5.90. The second kappa shape index (κ2) is 6.47. The number of ether oxygens (including phenoxy) is 1. The second-order valence-corrected chi connectivity index (χ2v) is 4.60. The Morgan fingerprint density at radius 2 is 2.05 bits per heavy atom. The van der Waals surface area contributed by atoms with Crippen molar-refractivity contribution in [3.05, 3.63) is 52.9 Å². The van der Waals surface area contributed by atoms with Gasteiger partial charge in [0.1, 0.15) is 5.56 Å². The van der Waals surface area contributed by atoms with Gasteiger partial charge in [0.2, 0.25) is 0 Å². The van der Waals surface area contributed by atoms with Crippen LogP contribution in [-0.2, 0) is 24.6 Å². The van der Waals surface area contributed by atoms with Crippen LogP contribution in [0, 0.1) is 11.6 Å². The summed E-state index contributed by atoms with van der Waals surface area (Å²) < 4.78 is 32.6. The number of aryl methyl sites for hydroxylation is 2. The molecule has 0 fully saturated rings. The van der Waals surface area contributed by atoms with Gasteiger partial charge in [0, 0.05) is 7.05 Å². The fourth-order valence-electron chi connectivity index (χ4n) is 2.10. The lowest BCUT2D eigenvalue weighted by Gasteiger charge is -2.06. The van der Waals surface area contributed by atoms with Gasteiger partial charge in [-0.3, -0.25) is 4.68 Å². The molecule has 0 unspecified atom stereocenters. The maximum Gasteiger partial charge on any atom is 0.341 e. The van der Waals surface area contributed by atoms with E-state index in [1.807, 2.05) is 0 Å². The molecule has 0 aliphatic rings. The summed E-state index contributed by atoms with van der Waals surface area (Å²) in [5.74, 6) is -2.17. The number of rotatable bonds is 5. The highest BCUT2D eigenvalue weighted by Gasteiger charge is 2.17. The summed E-state index contributed by atoms with van der Waals surface area (Å²) in [6.45, 7) is 2.02. The maximum atomic E-state index is 13.2. The Balaban J connectivity index is 2.14. The van der Waals surface area contributed by atoms with E-state index in [0.717, 1.165) is 12.1 Å². The van der Waals surface area contributed by atoms with Crippen molar-refractivity contribution in [1.82, 2.24) is 9.78 Å². The van der Waals surface area contributed by atoms with E-state index in [2.05, 4.69) is 5.10 Å². The summed E-state index contributed by atoms with van der Waals surface area (Å²) in [6, 6.07) is 3.79. The van der Waals surface area contributed by atoms with Crippen molar-refractivity contribution in [2.24, 2.45) is 7.05 Å². The van der Waals surface area contributed by atoms with Crippen LogP contribution >= 0.6 is 0 Å². The first-order valence-electron chi connectivity index (χ1n) is 6.64. The van der Waals surface area contributed by atoms with Crippen LogP contribution in [0.15, 0.2) is 24.4 Å². The molecule has 6 heteroatoms. The van der Waals surface area contributed by atoms with Crippen LogP contribution < -0.4 is 0 Å². The molecule has 0 bridgehead atoms. The van der Waals surface area contributed by atoms with Gasteiger partial charge < -0.3 is 4.74 Å². The van der Waals surface area contributed by atoms with Crippen molar-refractivity contribution in [2.75, 3.05) is 6.61 Å². The Labute approximate surface area is 121 Å². The first-order valence-corrected chi connectivity index (χ1v) is 6.64. The number of nitrogens with zero attached hydrogens (tertiary/aromatic N) is 2. The van der Waals surface area contributed by atoms with E-state index in [-0.39, 0.29) is 6.61 Å². The Kier molecular flexibility index (Phi) is 4.67. The normalized spacial score (nSPS) is 10.7. The van der Waals surface area contributed by atoms with Crippen molar-refractivity contribution in [1.29, 1.82) is 0 Å². The van der Waals surface area contributed by atoms with E-state index >= 15 is 0 Å². The van der Waals surface area contributed by atoms with Crippen molar-refractivity contribution >= 4 is 5.97 Å². The van der Waals surface area contributed by atoms with Crippen molar-refractivity contribution in [2.45, 2.75) is 19.8 Å². The smallest absolute Gasteiger partial charge is 0.341 e. The molecule has 0 N–H and O–H groups in total. The SMILES string of the molecule is CCOC(=O)c1cnn(C)c1CCc1ccc(F)c(F)c1. The Morgan fingerprint density at radius 3 is 2.71 bits per heavy atom. The Bertz CT molecular complexity index is 653. The van der Waals surface area contributed by atoms with Crippen LogP contribution in [0.1, 0.15) is 28.5 Å². The zero-order valence-corrected chi connectivity index (χ0v) is 11.9. The van der Waals surface area contributed by atoms with Crippen LogP contribution in [0.5, 0.6) is 0 Å². The minimum absolute atomic E-state index is 0.288. The molecule has 112 valence electrons. The molecule has 0 amide bonds. The molecule has 21 heavy (non-hydrogen) atoms. The predicted octanol–water partition coefficient (Wildman–Crippen LogP) is 2.66. The molecular weight excluding hydrogens is 278 g/mol. The highest BCUT2D eigenvalue weighted by atomic mass is 19.2. The van der Waals surface area contributed by atoms with Gasteiger partial charge in [0.15, 0.2) is 11.6 Å². The molecule has 0 spiro atoms. The topological polar surface area (TPSA) is 44.1 Å². The molecule has 2 aromatic rings. The lowest BCUT2D eigenvalue weighted by Crippen LogP contribution is -2.10. The first kappa shape index (κ1) is 15.2. The van der Waals surface area contributed by atoms with E-state index in [9.17, 15) is 13.6 Å². The molecule has 2 rings (SSSR count). The fraction of sp³-hybridized carbons (Fsp3) is 0.333. The van der Waals surface area contributed by atoms with Crippen LogP contribution in [0.3, 0.4) is 0 Å². The van der Waals surface area contributed by atoms with Crippen molar-refractivity contribution in [3.8, 4) is 0 Å². The summed E-state index contributed by atoms with van der Waals surface area (Å²) in [7, 11) is 1.73. The zero-order valence-electron chi connectivity index (χ0n) is 11.9. The van der Waals surface area contributed by atoms with Gasteiger partial charge in [0.25, 0.3) is 0 Å². The van der Waals surface area contributed by atoms with Crippen LogP contribution in [0.25, 0.3) is 0 Å². The summed E-state index contributed by atoms with van der Waals surface area (Å²) >= 11 is 0. The number of esters is 1. The van der Waals surface area contributed by atoms with Crippen LogP contribution in [0.2, 0.25) is 0 Å². The molecule has 0 radical (unpaired) electrons. The lowest BCUT2D eigenvalue weighted by molar-refractivity contribution is 0.0525. The van der Waals surface area contributed by atoms with Gasteiger partial charge in [-0.2, -0.15) is 5.10 Å².